The number of hydrogen-bond donors (Lipinski definition) is 2. The van der Waals surface area contributed by atoms with Crippen molar-refractivity contribution in [2.24, 2.45) is 0 Å². The van der Waals surface area contributed by atoms with E-state index in [-0.39, 0.29) is 16.9 Å². The Hall–Kier alpha value is -3.01. The fraction of sp³-hybridized carbons (Fsp3) is 0.500. The van der Waals surface area contributed by atoms with Gasteiger partial charge in [0.15, 0.2) is 0 Å². The maximum atomic E-state index is 14.6. The van der Waals surface area contributed by atoms with E-state index in [0.717, 1.165) is 62.2 Å². The summed E-state index contributed by atoms with van der Waals surface area (Å²) in [5.41, 5.74) is 2.49. The highest BCUT2D eigenvalue weighted by Crippen LogP contribution is 2.53. The minimum absolute atomic E-state index is 0.0293. The summed E-state index contributed by atoms with van der Waals surface area (Å²) in [5, 5.41) is 10.6. The number of carbonyl (C=O) groups is 2. The zero-order chi connectivity index (χ0) is 28.5. The van der Waals surface area contributed by atoms with E-state index in [1.165, 1.54) is 11.6 Å². The van der Waals surface area contributed by atoms with Gasteiger partial charge in [0.25, 0.3) is 5.91 Å². The Morgan fingerprint density at radius 1 is 1.05 bits per heavy atom. The molecule has 5 nitrogen and oxygen atoms in total. The SMILES string of the molecule is CCC[C@H]1N(C(=O)c2c(F)cccc2F)c2ccc(C(C)(C)C)cc2C12CCNCC2.O=C(O)C(F)(F)F. The predicted molar refractivity (Wildman–Crippen MR) is 134 cm³/mol. The molecule has 2 aliphatic heterocycles. The molecule has 1 spiro atoms. The molecule has 208 valence electrons. The van der Waals surface area contributed by atoms with Gasteiger partial charge in [0, 0.05) is 17.1 Å². The lowest BCUT2D eigenvalue weighted by atomic mass is 9.68. The second kappa shape index (κ2) is 11.0. The third-order valence-corrected chi connectivity index (χ3v) is 7.30. The summed E-state index contributed by atoms with van der Waals surface area (Å²) in [4.78, 5) is 24.3. The van der Waals surface area contributed by atoms with E-state index in [1.807, 2.05) is 6.07 Å². The predicted octanol–water partition coefficient (Wildman–Crippen LogP) is 6.35. The summed E-state index contributed by atoms with van der Waals surface area (Å²) >= 11 is 0. The first-order valence-corrected chi connectivity index (χ1v) is 12.6. The molecule has 0 saturated carbocycles. The number of hydrogen-bond acceptors (Lipinski definition) is 3. The number of halogens is 5. The van der Waals surface area contributed by atoms with E-state index in [0.29, 0.717) is 0 Å². The van der Waals surface area contributed by atoms with Crippen LogP contribution in [0.5, 0.6) is 0 Å². The smallest absolute Gasteiger partial charge is 0.475 e. The van der Waals surface area contributed by atoms with E-state index in [9.17, 15) is 26.7 Å². The van der Waals surface area contributed by atoms with Crippen molar-refractivity contribution in [3.05, 3.63) is 64.7 Å². The third-order valence-electron chi connectivity index (χ3n) is 7.30. The summed E-state index contributed by atoms with van der Waals surface area (Å²) in [7, 11) is 0. The van der Waals surface area contributed by atoms with E-state index in [2.05, 4.69) is 45.1 Å². The number of carboxylic acids is 1. The molecule has 1 atom stereocenters. The highest BCUT2D eigenvalue weighted by atomic mass is 19.4. The Morgan fingerprint density at radius 3 is 2.08 bits per heavy atom. The van der Waals surface area contributed by atoms with Crippen LogP contribution < -0.4 is 10.2 Å². The van der Waals surface area contributed by atoms with Crippen molar-refractivity contribution in [3.8, 4) is 0 Å². The maximum Gasteiger partial charge on any atom is 0.490 e. The van der Waals surface area contributed by atoms with Gasteiger partial charge in [-0.3, -0.25) is 4.79 Å². The Morgan fingerprint density at radius 2 is 1.61 bits per heavy atom. The molecular weight excluding hydrogens is 507 g/mol. The van der Waals surface area contributed by atoms with Crippen LogP contribution in [0, 0.1) is 11.6 Å². The highest BCUT2D eigenvalue weighted by molar-refractivity contribution is 6.08. The molecule has 2 N–H and O–H groups in total. The monoisotopic (exact) mass is 540 g/mol. The van der Waals surface area contributed by atoms with Gasteiger partial charge >= 0.3 is 12.1 Å². The van der Waals surface area contributed by atoms with Gasteiger partial charge in [-0.15, -0.1) is 0 Å². The summed E-state index contributed by atoms with van der Waals surface area (Å²) in [6.07, 6.45) is -1.59. The van der Waals surface area contributed by atoms with Crippen molar-refractivity contribution in [1.82, 2.24) is 5.32 Å². The first kappa shape index (κ1) is 29.5. The lowest BCUT2D eigenvalue weighted by Gasteiger charge is -2.42. The number of amides is 1. The van der Waals surface area contributed by atoms with Crippen LogP contribution >= 0.6 is 0 Å². The molecule has 10 heteroatoms. The van der Waals surface area contributed by atoms with E-state index < -0.39 is 35.3 Å². The molecule has 0 aliphatic carbocycles. The van der Waals surface area contributed by atoms with Gasteiger partial charge in [-0.1, -0.05) is 52.3 Å². The maximum absolute atomic E-state index is 14.6. The normalized spacial score (nSPS) is 18.6. The Bertz CT molecular complexity index is 1160. The Balaban J connectivity index is 0.000000505. The molecule has 2 aliphatic rings. The molecule has 1 amide bonds. The molecule has 1 fully saturated rings. The number of rotatable bonds is 3. The molecule has 2 aromatic carbocycles. The second-order valence-electron chi connectivity index (χ2n) is 10.8. The Labute approximate surface area is 219 Å². The van der Waals surface area contributed by atoms with Crippen LogP contribution in [-0.2, 0) is 15.6 Å². The lowest BCUT2D eigenvalue weighted by Crippen LogP contribution is -2.52. The average molecular weight is 541 g/mol. The molecule has 4 rings (SSSR count). The van der Waals surface area contributed by atoms with Crippen molar-refractivity contribution < 1.29 is 36.6 Å². The summed E-state index contributed by atoms with van der Waals surface area (Å²) in [5.74, 6) is -4.94. The molecule has 0 bridgehead atoms. The van der Waals surface area contributed by atoms with Crippen molar-refractivity contribution >= 4 is 17.6 Å². The minimum atomic E-state index is -5.08. The van der Waals surface area contributed by atoms with Crippen molar-refractivity contribution in [3.63, 3.8) is 0 Å². The lowest BCUT2D eigenvalue weighted by molar-refractivity contribution is -0.192. The van der Waals surface area contributed by atoms with Crippen molar-refractivity contribution in [2.45, 2.75) is 76.4 Å². The highest BCUT2D eigenvalue weighted by Gasteiger charge is 2.53. The molecule has 0 unspecified atom stereocenters. The van der Waals surface area contributed by atoms with Gasteiger partial charge in [-0.25, -0.2) is 13.6 Å². The summed E-state index contributed by atoms with van der Waals surface area (Å²) in [6, 6.07) is 9.79. The topological polar surface area (TPSA) is 69.6 Å². The largest absolute Gasteiger partial charge is 0.490 e. The number of carbonyl (C=O) groups excluding carboxylic acids is 1. The number of nitrogens with zero attached hydrogens (tertiary/aromatic N) is 1. The molecule has 0 radical (unpaired) electrons. The standard InChI is InChI=1S/C26H32F2N2O.C2HF3O2/c1-5-7-22-26(12-14-29-15-13-26)18-16-17(25(2,3)4)10-11-21(18)30(22)24(31)23-19(27)8-6-9-20(23)28;3-2(4,5)1(6)7/h6,8-11,16,22,29H,5,7,12-15H2,1-4H3;(H,6,7)/t22-;/m1./s1. The summed E-state index contributed by atoms with van der Waals surface area (Å²) < 4.78 is 60.9. The van der Waals surface area contributed by atoms with Gasteiger partial charge < -0.3 is 15.3 Å². The van der Waals surface area contributed by atoms with Crippen LogP contribution in [0.2, 0.25) is 0 Å². The van der Waals surface area contributed by atoms with Gasteiger partial charge in [-0.05, 0) is 67.1 Å². The number of benzene rings is 2. The third kappa shape index (κ3) is 5.70. The van der Waals surface area contributed by atoms with Gasteiger partial charge in [0.1, 0.15) is 17.2 Å². The zero-order valence-corrected chi connectivity index (χ0v) is 21.9. The molecular formula is C28H33F5N2O3. The number of alkyl halides is 3. The van der Waals surface area contributed by atoms with Crippen LogP contribution in [0.4, 0.5) is 27.6 Å². The fourth-order valence-corrected chi connectivity index (χ4v) is 5.43. The van der Waals surface area contributed by atoms with E-state index in [1.54, 1.807) is 4.90 Å². The summed E-state index contributed by atoms with van der Waals surface area (Å²) in [6.45, 7) is 10.4. The van der Waals surface area contributed by atoms with Crippen LogP contribution in [0.15, 0.2) is 36.4 Å². The molecule has 2 aromatic rings. The minimum Gasteiger partial charge on any atom is -0.475 e. The quantitative estimate of drug-likeness (QED) is 0.446. The number of anilines is 1. The number of piperidine rings is 1. The number of carboxylic acid groups (broad SMARTS) is 1. The second-order valence-corrected chi connectivity index (χ2v) is 10.8. The van der Waals surface area contributed by atoms with Crippen LogP contribution in [-0.4, -0.2) is 42.3 Å². The van der Waals surface area contributed by atoms with E-state index in [4.69, 9.17) is 9.90 Å². The first-order valence-electron chi connectivity index (χ1n) is 12.6. The number of fused-ring (bicyclic) bond motifs is 2. The number of aliphatic carboxylic acids is 1. The van der Waals surface area contributed by atoms with Crippen molar-refractivity contribution in [2.75, 3.05) is 18.0 Å². The molecule has 1 saturated heterocycles. The first-order chi connectivity index (χ1) is 17.6. The van der Waals surface area contributed by atoms with Gasteiger partial charge in [-0.2, -0.15) is 13.2 Å². The Kier molecular flexibility index (Phi) is 8.55. The van der Waals surface area contributed by atoms with Crippen LogP contribution in [0.1, 0.15) is 74.9 Å². The fourth-order valence-electron chi connectivity index (χ4n) is 5.43. The average Bonchev–Trinajstić information content (AvgIpc) is 3.07. The van der Waals surface area contributed by atoms with Gasteiger partial charge in [0.05, 0.1) is 0 Å². The zero-order valence-electron chi connectivity index (χ0n) is 21.9. The molecule has 38 heavy (non-hydrogen) atoms. The molecule has 0 aromatic heterocycles. The van der Waals surface area contributed by atoms with Crippen LogP contribution in [0.25, 0.3) is 0 Å². The van der Waals surface area contributed by atoms with E-state index >= 15 is 0 Å². The van der Waals surface area contributed by atoms with Gasteiger partial charge in [0.2, 0.25) is 0 Å². The van der Waals surface area contributed by atoms with Crippen LogP contribution in [0.3, 0.4) is 0 Å². The van der Waals surface area contributed by atoms with Crippen molar-refractivity contribution in [1.29, 1.82) is 0 Å². The number of nitrogens with one attached hydrogen (secondary N) is 1. The molecule has 2 heterocycles.